The SMILES string of the molecule is COC(=O)C(C)CN(C)S(=O)(=O)c1cccnc1N. The van der Waals surface area contributed by atoms with Gasteiger partial charge in [-0.05, 0) is 12.1 Å². The predicted octanol–water partition coefficient (Wildman–Crippen LogP) is 0.0934. The molecule has 19 heavy (non-hydrogen) atoms. The predicted molar refractivity (Wildman–Crippen MR) is 69.6 cm³/mol. The molecule has 0 fully saturated rings. The van der Waals surface area contributed by atoms with Crippen LogP contribution in [0, 0.1) is 5.92 Å². The number of ether oxygens (including phenoxy) is 1. The zero-order chi connectivity index (χ0) is 14.6. The molecule has 1 unspecified atom stereocenters. The number of nitrogens with zero attached hydrogens (tertiary/aromatic N) is 2. The van der Waals surface area contributed by atoms with Gasteiger partial charge in [0, 0.05) is 19.8 Å². The van der Waals surface area contributed by atoms with Gasteiger partial charge in [-0.25, -0.2) is 13.4 Å². The molecule has 0 radical (unpaired) electrons. The van der Waals surface area contributed by atoms with Crippen molar-refractivity contribution in [2.45, 2.75) is 11.8 Å². The lowest BCUT2D eigenvalue weighted by atomic mass is 10.2. The van der Waals surface area contributed by atoms with Crippen molar-refractivity contribution in [1.29, 1.82) is 0 Å². The number of carbonyl (C=O) groups is 1. The average molecular weight is 287 g/mol. The molecule has 0 saturated heterocycles. The quantitative estimate of drug-likeness (QED) is 0.770. The maximum Gasteiger partial charge on any atom is 0.309 e. The molecule has 8 heteroatoms. The summed E-state index contributed by atoms with van der Waals surface area (Å²) in [7, 11) is -1.14. The molecule has 0 aliphatic carbocycles. The first-order valence-electron chi connectivity index (χ1n) is 5.55. The van der Waals surface area contributed by atoms with Crippen LogP contribution in [0.1, 0.15) is 6.92 Å². The van der Waals surface area contributed by atoms with Crippen LogP contribution in [0.3, 0.4) is 0 Å². The molecule has 7 nitrogen and oxygen atoms in total. The van der Waals surface area contributed by atoms with Crippen molar-refractivity contribution >= 4 is 21.8 Å². The highest BCUT2D eigenvalue weighted by molar-refractivity contribution is 7.89. The third-order valence-corrected chi connectivity index (χ3v) is 4.49. The number of sulfonamides is 1. The number of nitrogens with two attached hydrogens (primary N) is 1. The lowest BCUT2D eigenvalue weighted by molar-refractivity contribution is -0.144. The highest BCUT2D eigenvalue weighted by Crippen LogP contribution is 2.19. The van der Waals surface area contributed by atoms with E-state index in [2.05, 4.69) is 9.72 Å². The largest absolute Gasteiger partial charge is 0.469 e. The molecule has 2 N–H and O–H groups in total. The first kappa shape index (κ1) is 15.4. The standard InChI is InChI=1S/C11H17N3O4S/c1-8(11(15)18-3)7-14(2)19(16,17)9-5-4-6-13-10(9)12/h4-6,8H,7H2,1-3H3,(H2,12,13). The number of aromatic nitrogens is 1. The van der Waals surface area contributed by atoms with Crippen molar-refractivity contribution < 1.29 is 17.9 Å². The molecule has 106 valence electrons. The summed E-state index contributed by atoms with van der Waals surface area (Å²) in [5, 5.41) is 0. The van der Waals surface area contributed by atoms with E-state index in [-0.39, 0.29) is 17.3 Å². The van der Waals surface area contributed by atoms with Crippen LogP contribution in [-0.4, -0.2) is 44.4 Å². The Labute approximate surface area is 112 Å². The van der Waals surface area contributed by atoms with Crippen LogP contribution in [0.15, 0.2) is 23.2 Å². The molecule has 0 aliphatic rings. The molecule has 0 spiro atoms. The van der Waals surface area contributed by atoms with Gasteiger partial charge in [-0.15, -0.1) is 0 Å². The molecule has 0 saturated carbocycles. The summed E-state index contributed by atoms with van der Waals surface area (Å²) in [6, 6.07) is 2.86. The summed E-state index contributed by atoms with van der Waals surface area (Å²) in [5.74, 6) is -1.11. The summed E-state index contributed by atoms with van der Waals surface area (Å²) in [6.45, 7) is 1.59. The highest BCUT2D eigenvalue weighted by Gasteiger charge is 2.27. The van der Waals surface area contributed by atoms with Crippen molar-refractivity contribution in [3.63, 3.8) is 0 Å². The molecule has 1 rings (SSSR count). The van der Waals surface area contributed by atoms with Gasteiger partial charge in [0.05, 0.1) is 13.0 Å². The summed E-state index contributed by atoms with van der Waals surface area (Å²) >= 11 is 0. The van der Waals surface area contributed by atoms with E-state index in [0.29, 0.717) is 0 Å². The molecule has 0 amide bonds. The Kier molecular flexibility index (Phi) is 4.84. The van der Waals surface area contributed by atoms with E-state index in [0.717, 1.165) is 4.31 Å². The fourth-order valence-electron chi connectivity index (χ4n) is 1.55. The zero-order valence-corrected chi connectivity index (χ0v) is 11.8. The number of hydrogen-bond donors (Lipinski definition) is 1. The average Bonchev–Trinajstić information content (AvgIpc) is 2.37. The van der Waals surface area contributed by atoms with Crippen LogP contribution in [0.5, 0.6) is 0 Å². The lowest BCUT2D eigenvalue weighted by Crippen LogP contribution is -2.34. The zero-order valence-electron chi connectivity index (χ0n) is 11.0. The molecular weight excluding hydrogens is 270 g/mol. The van der Waals surface area contributed by atoms with Crippen molar-refractivity contribution in [2.75, 3.05) is 26.4 Å². The maximum atomic E-state index is 12.3. The molecule has 1 aromatic rings. The number of methoxy groups -OCH3 is 1. The van der Waals surface area contributed by atoms with Crippen molar-refractivity contribution in [3.05, 3.63) is 18.3 Å². The molecule has 1 heterocycles. The van der Waals surface area contributed by atoms with E-state index < -0.39 is 21.9 Å². The second-order valence-electron chi connectivity index (χ2n) is 4.10. The number of hydrogen-bond acceptors (Lipinski definition) is 6. The Balaban J connectivity index is 2.96. The number of anilines is 1. The maximum absolute atomic E-state index is 12.3. The Morgan fingerprint density at radius 1 is 1.58 bits per heavy atom. The van der Waals surface area contributed by atoms with Crippen molar-refractivity contribution in [3.8, 4) is 0 Å². The van der Waals surface area contributed by atoms with Gasteiger partial charge in [-0.1, -0.05) is 6.92 Å². The monoisotopic (exact) mass is 287 g/mol. The second kappa shape index (κ2) is 5.98. The lowest BCUT2D eigenvalue weighted by Gasteiger charge is -2.20. The number of carbonyl (C=O) groups excluding carboxylic acids is 1. The van der Waals surface area contributed by atoms with Crippen LogP contribution >= 0.6 is 0 Å². The van der Waals surface area contributed by atoms with Crippen molar-refractivity contribution in [2.24, 2.45) is 5.92 Å². The molecule has 0 bridgehead atoms. The van der Waals surface area contributed by atoms with Gasteiger partial charge in [0.1, 0.15) is 10.7 Å². The van der Waals surface area contributed by atoms with E-state index >= 15 is 0 Å². The number of pyridine rings is 1. The minimum Gasteiger partial charge on any atom is -0.469 e. The van der Waals surface area contributed by atoms with E-state index in [1.54, 1.807) is 6.92 Å². The van der Waals surface area contributed by atoms with E-state index in [4.69, 9.17) is 5.73 Å². The van der Waals surface area contributed by atoms with Crippen LogP contribution < -0.4 is 5.73 Å². The fraction of sp³-hybridized carbons (Fsp3) is 0.455. The van der Waals surface area contributed by atoms with Crippen molar-refractivity contribution in [1.82, 2.24) is 9.29 Å². The van der Waals surface area contributed by atoms with Gasteiger partial charge in [-0.3, -0.25) is 4.79 Å². The highest BCUT2D eigenvalue weighted by atomic mass is 32.2. The third kappa shape index (κ3) is 3.42. The first-order chi connectivity index (χ1) is 8.80. The van der Waals surface area contributed by atoms with E-state index in [1.807, 2.05) is 0 Å². The molecule has 0 aromatic carbocycles. The molecule has 1 atom stereocenters. The van der Waals surface area contributed by atoms with Gasteiger partial charge < -0.3 is 10.5 Å². The van der Waals surface area contributed by atoms with Gasteiger partial charge in [0.2, 0.25) is 10.0 Å². The van der Waals surface area contributed by atoms with E-state index in [1.165, 1.54) is 32.5 Å². The third-order valence-electron chi connectivity index (χ3n) is 2.62. The number of esters is 1. The normalized spacial score (nSPS) is 13.3. The number of nitrogen functional groups attached to an aromatic ring is 1. The summed E-state index contributed by atoms with van der Waals surface area (Å²) in [5.41, 5.74) is 5.55. The topological polar surface area (TPSA) is 103 Å². The second-order valence-corrected chi connectivity index (χ2v) is 6.11. The summed E-state index contributed by atoms with van der Waals surface area (Å²) in [6.07, 6.45) is 1.41. The van der Waals surface area contributed by atoms with Gasteiger partial charge in [-0.2, -0.15) is 4.31 Å². The van der Waals surface area contributed by atoms with Crippen LogP contribution in [0.25, 0.3) is 0 Å². The Hall–Kier alpha value is -1.67. The van der Waals surface area contributed by atoms with Gasteiger partial charge in [0.25, 0.3) is 0 Å². The van der Waals surface area contributed by atoms with E-state index in [9.17, 15) is 13.2 Å². The molecular formula is C11H17N3O4S. The van der Waals surface area contributed by atoms with Crippen LogP contribution in [0.2, 0.25) is 0 Å². The Morgan fingerprint density at radius 3 is 2.74 bits per heavy atom. The minimum absolute atomic E-state index is 0.00331. The smallest absolute Gasteiger partial charge is 0.309 e. The van der Waals surface area contributed by atoms with Gasteiger partial charge >= 0.3 is 5.97 Å². The number of rotatable bonds is 5. The minimum atomic E-state index is -3.77. The fourth-order valence-corrected chi connectivity index (χ4v) is 2.87. The Morgan fingerprint density at radius 2 is 2.21 bits per heavy atom. The van der Waals surface area contributed by atoms with Crippen LogP contribution in [-0.2, 0) is 19.6 Å². The summed E-state index contributed by atoms with van der Waals surface area (Å²) < 4.78 is 30.1. The Bertz CT molecular complexity index is 559. The van der Waals surface area contributed by atoms with Crippen LogP contribution in [0.4, 0.5) is 5.82 Å². The van der Waals surface area contributed by atoms with Gasteiger partial charge in [0.15, 0.2) is 0 Å². The first-order valence-corrected chi connectivity index (χ1v) is 6.99. The molecule has 0 aliphatic heterocycles. The summed E-state index contributed by atoms with van der Waals surface area (Å²) in [4.78, 5) is 15.0. The molecule has 1 aromatic heterocycles.